The first kappa shape index (κ1) is 14.3. The number of aliphatic carboxylic acids is 1. The van der Waals surface area contributed by atoms with Crippen LogP contribution < -0.4 is 0 Å². The predicted octanol–water partition coefficient (Wildman–Crippen LogP) is 3.57. The molecule has 0 saturated carbocycles. The van der Waals surface area contributed by atoms with Crippen LogP contribution >= 0.6 is 0 Å². The summed E-state index contributed by atoms with van der Waals surface area (Å²) >= 11 is 0. The molecule has 106 valence electrons. The van der Waals surface area contributed by atoms with E-state index in [9.17, 15) is 4.79 Å². The maximum absolute atomic E-state index is 10.7. The highest BCUT2D eigenvalue weighted by Gasteiger charge is 2.16. The number of aromatic nitrogens is 1. The van der Waals surface area contributed by atoms with Gasteiger partial charge in [-0.25, -0.2) is 4.98 Å². The molecule has 0 aliphatic heterocycles. The van der Waals surface area contributed by atoms with Crippen molar-refractivity contribution < 1.29 is 14.3 Å². The van der Waals surface area contributed by atoms with Gasteiger partial charge in [-0.3, -0.25) is 4.79 Å². The topological polar surface area (TPSA) is 63.3 Å². The molecule has 0 radical (unpaired) electrons. The van der Waals surface area contributed by atoms with Crippen LogP contribution in [0.4, 0.5) is 0 Å². The lowest BCUT2D eigenvalue weighted by atomic mass is 9.87. The number of hydrogen-bond donors (Lipinski definition) is 1. The Bertz CT molecular complexity index is 618. The Hall–Kier alpha value is -2.10. The van der Waals surface area contributed by atoms with E-state index in [1.165, 1.54) is 5.56 Å². The third-order valence-electron chi connectivity index (χ3n) is 3.20. The first-order chi connectivity index (χ1) is 9.27. The summed E-state index contributed by atoms with van der Waals surface area (Å²) in [6.45, 7) is 8.22. The van der Waals surface area contributed by atoms with E-state index in [1.54, 1.807) is 6.92 Å². The Morgan fingerprint density at radius 1 is 1.25 bits per heavy atom. The third-order valence-corrected chi connectivity index (χ3v) is 3.20. The summed E-state index contributed by atoms with van der Waals surface area (Å²) in [5.41, 5.74) is 2.81. The van der Waals surface area contributed by atoms with E-state index in [2.05, 4.69) is 25.8 Å². The third kappa shape index (κ3) is 3.07. The van der Waals surface area contributed by atoms with E-state index in [-0.39, 0.29) is 11.8 Å². The van der Waals surface area contributed by atoms with Gasteiger partial charge in [0, 0.05) is 5.56 Å². The Balaban J connectivity index is 2.30. The van der Waals surface area contributed by atoms with Crippen molar-refractivity contribution in [3.05, 3.63) is 41.3 Å². The van der Waals surface area contributed by atoms with Crippen molar-refractivity contribution in [3.8, 4) is 11.5 Å². The molecule has 0 fully saturated rings. The molecule has 1 aromatic carbocycles. The SMILES string of the molecule is Cc1nc(-c2ccc(C(C)(C)C)cc2)oc1CC(=O)O. The largest absolute Gasteiger partial charge is 0.481 e. The summed E-state index contributed by atoms with van der Waals surface area (Å²) < 4.78 is 5.54. The Labute approximate surface area is 118 Å². The van der Waals surface area contributed by atoms with Crippen LogP contribution in [0, 0.1) is 6.92 Å². The van der Waals surface area contributed by atoms with Gasteiger partial charge < -0.3 is 9.52 Å². The van der Waals surface area contributed by atoms with Gasteiger partial charge in [-0.1, -0.05) is 32.9 Å². The van der Waals surface area contributed by atoms with Crippen molar-refractivity contribution >= 4 is 5.97 Å². The highest BCUT2D eigenvalue weighted by molar-refractivity contribution is 5.70. The zero-order chi connectivity index (χ0) is 14.9. The van der Waals surface area contributed by atoms with Gasteiger partial charge in [-0.2, -0.15) is 0 Å². The highest BCUT2D eigenvalue weighted by Crippen LogP contribution is 2.27. The zero-order valence-corrected chi connectivity index (χ0v) is 12.2. The molecule has 2 rings (SSSR count). The first-order valence-corrected chi connectivity index (χ1v) is 6.56. The van der Waals surface area contributed by atoms with E-state index < -0.39 is 5.97 Å². The van der Waals surface area contributed by atoms with Gasteiger partial charge in [-0.15, -0.1) is 0 Å². The normalized spacial score (nSPS) is 11.6. The first-order valence-electron chi connectivity index (χ1n) is 6.56. The second-order valence-electron chi connectivity index (χ2n) is 5.93. The summed E-state index contributed by atoms with van der Waals surface area (Å²) in [5.74, 6) is -0.0366. The molecule has 0 atom stereocenters. The molecular weight excluding hydrogens is 254 g/mol. The lowest BCUT2D eigenvalue weighted by molar-refractivity contribution is -0.136. The molecule has 2 aromatic rings. The molecule has 4 nitrogen and oxygen atoms in total. The molecule has 0 amide bonds. The molecule has 0 aliphatic rings. The molecule has 1 aromatic heterocycles. The summed E-state index contributed by atoms with van der Waals surface area (Å²) in [5, 5.41) is 8.81. The molecule has 4 heteroatoms. The molecule has 20 heavy (non-hydrogen) atoms. The number of carboxylic acid groups (broad SMARTS) is 1. The van der Waals surface area contributed by atoms with Crippen molar-refractivity contribution in [2.75, 3.05) is 0 Å². The van der Waals surface area contributed by atoms with Crippen molar-refractivity contribution in [1.82, 2.24) is 4.98 Å². The van der Waals surface area contributed by atoms with E-state index in [0.29, 0.717) is 17.3 Å². The molecule has 0 spiro atoms. The van der Waals surface area contributed by atoms with Gasteiger partial charge in [0.25, 0.3) is 0 Å². The lowest BCUT2D eigenvalue weighted by Crippen LogP contribution is -2.10. The van der Waals surface area contributed by atoms with Crippen molar-refractivity contribution in [2.45, 2.75) is 39.5 Å². The standard InChI is InChI=1S/C16H19NO3/c1-10-13(9-14(18)19)20-15(17-10)11-5-7-12(8-6-11)16(2,3)4/h5-8H,9H2,1-4H3,(H,18,19). The van der Waals surface area contributed by atoms with Crippen molar-refractivity contribution in [1.29, 1.82) is 0 Å². The molecule has 0 aliphatic carbocycles. The van der Waals surface area contributed by atoms with Gasteiger partial charge in [-0.05, 0) is 30.0 Å². The zero-order valence-electron chi connectivity index (χ0n) is 12.2. The van der Waals surface area contributed by atoms with E-state index in [1.807, 2.05) is 24.3 Å². The molecule has 0 unspecified atom stereocenters. The Kier molecular flexibility index (Phi) is 3.66. The van der Waals surface area contributed by atoms with Gasteiger partial charge in [0.15, 0.2) is 0 Å². The van der Waals surface area contributed by atoms with Gasteiger partial charge in [0.05, 0.1) is 5.69 Å². The maximum atomic E-state index is 10.7. The smallest absolute Gasteiger partial charge is 0.311 e. The fourth-order valence-electron chi connectivity index (χ4n) is 1.97. The number of oxazole rings is 1. The van der Waals surface area contributed by atoms with Gasteiger partial charge in [0.2, 0.25) is 5.89 Å². The van der Waals surface area contributed by atoms with Gasteiger partial charge in [0.1, 0.15) is 12.2 Å². The number of benzene rings is 1. The van der Waals surface area contributed by atoms with Crippen LogP contribution in [0.25, 0.3) is 11.5 Å². The van der Waals surface area contributed by atoms with Crippen LogP contribution in [0.15, 0.2) is 28.7 Å². The van der Waals surface area contributed by atoms with Crippen molar-refractivity contribution in [2.24, 2.45) is 0 Å². The molecule has 0 bridgehead atoms. The second-order valence-corrected chi connectivity index (χ2v) is 5.93. The van der Waals surface area contributed by atoms with E-state index in [0.717, 1.165) is 5.56 Å². The average Bonchev–Trinajstić information content (AvgIpc) is 2.69. The quantitative estimate of drug-likeness (QED) is 0.928. The predicted molar refractivity (Wildman–Crippen MR) is 76.7 cm³/mol. The molecular formula is C16H19NO3. The number of carboxylic acids is 1. The Morgan fingerprint density at radius 2 is 1.85 bits per heavy atom. The second kappa shape index (κ2) is 5.12. The van der Waals surface area contributed by atoms with Crippen LogP contribution in [0.2, 0.25) is 0 Å². The fraction of sp³-hybridized carbons (Fsp3) is 0.375. The number of rotatable bonds is 3. The van der Waals surface area contributed by atoms with Crippen LogP contribution in [0.5, 0.6) is 0 Å². The minimum Gasteiger partial charge on any atom is -0.481 e. The van der Waals surface area contributed by atoms with Crippen LogP contribution in [-0.4, -0.2) is 16.1 Å². The number of carbonyl (C=O) groups is 1. The average molecular weight is 273 g/mol. The Morgan fingerprint density at radius 3 is 2.35 bits per heavy atom. The van der Waals surface area contributed by atoms with Crippen molar-refractivity contribution in [3.63, 3.8) is 0 Å². The van der Waals surface area contributed by atoms with Crippen LogP contribution in [0.1, 0.15) is 37.8 Å². The van der Waals surface area contributed by atoms with Crippen LogP contribution in [0.3, 0.4) is 0 Å². The van der Waals surface area contributed by atoms with Crippen LogP contribution in [-0.2, 0) is 16.6 Å². The van der Waals surface area contributed by atoms with E-state index >= 15 is 0 Å². The molecule has 0 saturated heterocycles. The molecule has 1 heterocycles. The maximum Gasteiger partial charge on any atom is 0.311 e. The number of nitrogens with zero attached hydrogens (tertiary/aromatic N) is 1. The molecule has 1 N–H and O–H groups in total. The number of hydrogen-bond acceptors (Lipinski definition) is 3. The highest BCUT2D eigenvalue weighted by atomic mass is 16.4. The summed E-state index contributed by atoms with van der Waals surface area (Å²) in [6, 6.07) is 8.00. The summed E-state index contributed by atoms with van der Waals surface area (Å²) in [7, 11) is 0. The minimum absolute atomic E-state index is 0.0967. The summed E-state index contributed by atoms with van der Waals surface area (Å²) in [4.78, 5) is 15.0. The summed E-state index contributed by atoms with van der Waals surface area (Å²) in [6.07, 6.45) is -0.140. The number of aryl methyl sites for hydroxylation is 1. The monoisotopic (exact) mass is 273 g/mol. The minimum atomic E-state index is -0.918. The van der Waals surface area contributed by atoms with Gasteiger partial charge >= 0.3 is 5.97 Å². The van der Waals surface area contributed by atoms with E-state index in [4.69, 9.17) is 9.52 Å². The fourth-order valence-corrected chi connectivity index (χ4v) is 1.97. The lowest BCUT2D eigenvalue weighted by Gasteiger charge is -2.18.